The SMILES string of the molecule is Cc1cc[n+](CCC(=O)n2cnc3ccccc32)cc1.[Br-]. The van der Waals surface area contributed by atoms with Crippen molar-refractivity contribution in [3.63, 3.8) is 0 Å². The number of benzene rings is 1. The van der Waals surface area contributed by atoms with Crippen LogP contribution in [0.2, 0.25) is 0 Å². The first-order valence-electron chi connectivity index (χ1n) is 6.65. The van der Waals surface area contributed by atoms with Gasteiger partial charge in [-0.3, -0.25) is 9.36 Å². The summed E-state index contributed by atoms with van der Waals surface area (Å²) in [7, 11) is 0. The van der Waals surface area contributed by atoms with Crippen LogP contribution in [-0.4, -0.2) is 15.5 Å². The lowest BCUT2D eigenvalue weighted by atomic mass is 10.3. The van der Waals surface area contributed by atoms with Gasteiger partial charge in [0.25, 0.3) is 0 Å². The van der Waals surface area contributed by atoms with Gasteiger partial charge in [0, 0.05) is 12.1 Å². The Morgan fingerprint density at radius 1 is 1.19 bits per heavy atom. The Hall–Kier alpha value is -2.01. The molecule has 0 saturated heterocycles. The van der Waals surface area contributed by atoms with Gasteiger partial charge < -0.3 is 17.0 Å². The van der Waals surface area contributed by atoms with Crippen LogP contribution < -0.4 is 21.5 Å². The lowest BCUT2D eigenvalue weighted by molar-refractivity contribution is -0.695. The molecule has 0 radical (unpaired) electrons. The maximum atomic E-state index is 12.3. The van der Waals surface area contributed by atoms with Crippen molar-refractivity contribution in [2.45, 2.75) is 19.9 Å². The standard InChI is InChI=1S/C16H16N3O.BrH/c1-13-6-9-18(10-7-13)11-8-16(20)19-12-17-14-4-2-3-5-15(14)19;/h2-7,9-10,12H,8,11H2,1H3;1H/q+1;/p-1. The normalized spacial score (nSPS) is 10.3. The first-order chi connectivity index (χ1) is 9.74. The minimum Gasteiger partial charge on any atom is -1.00 e. The number of carbonyl (C=O) groups excluding carboxylic acids is 1. The van der Waals surface area contributed by atoms with Crippen LogP contribution in [0.4, 0.5) is 0 Å². The fraction of sp³-hybridized carbons (Fsp3) is 0.188. The number of carbonyl (C=O) groups is 1. The fourth-order valence-electron chi connectivity index (χ4n) is 2.18. The average Bonchev–Trinajstić information content (AvgIpc) is 2.90. The maximum absolute atomic E-state index is 12.3. The van der Waals surface area contributed by atoms with E-state index in [4.69, 9.17) is 0 Å². The molecule has 5 heteroatoms. The summed E-state index contributed by atoms with van der Waals surface area (Å²) in [5, 5.41) is 0. The van der Waals surface area contributed by atoms with Crippen molar-refractivity contribution in [1.29, 1.82) is 0 Å². The molecule has 0 amide bonds. The molecule has 0 fully saturated rings. The van der Waals surface area contributed by atoms with Crippen LogP contribution in [0.15, 0.2) is 55.1 Å². The van der Waals surface area contributed by atoms with Gasteiger partial charge in [-0.15, -0.1) is 0 Å². The third-order valence-electron chi connectivity index (χ3n) is 3.36. The van der Waals surface area contributed by atoms with Gasteiger partial charge >= 0.3 is 0 Å². The minimum atomic E-state index is 0. The summed E-state index contributed by atoms with van der Waals surface area (Å²) in [6, 6.07) is 11.7. The van der Waals surface area contributed by atoms with E-state index in [1.165, 1.54) is 5.56 Å². The number of pyridine rings is 1. The van der Waals surface area contributed by atoms with Crippen LogP contribution in [0.3, 0.4) is 0 Å². The lowest BCUT2D eigenvalue weighted by Gasteiger charge is -2.01. The first kappa shape index (κ1) is 15.4. The molecule has 2 aromatic heterocycles. The smallest absolute Gasteiger partial charge is 0.238 e. The number of hydrogen-bond acceptors (Lipinski definition) is 2. The molecule has 4 nitrogen and oxygen atoms in total. The van der Waals surface area contributed by atoms with Gasteiger partial charge in [-0.2, -0.15) is 0 Å². The molecule has 0 aliphatic rings. The molecule has 0 aliphatic carbocycles. The molecule has 0 saturated carbocycles. The largest absolute Gasteiger partial charge is 1.00 e. The topological polar surface area (TPSA) is 38.8 Å². The van der Waals surface area contributed by atoms with E-state index in [-0.39, 0.29) is 22.9 Å². The number of imidazole rings is 1. The Morgan fingerprint density at radius 2 is 1.90 bits per heavy atom. The summed E-state index contributed by atoms with van der Waals surface area (Å²) in [6.07, 6.45) is 6.05. The maximum Gasteiger partial charge on any atom is 0.238 e. The van der Waals surface area contributed by atoms with Crippen LogP contribution in [-0.2, 0) is 6.54 Å². The number of aryl methyl sites for hydroxylation is 2. The Labute approximate surface area is 133 Å². The molecule has 0 N–H and O–H groups in total. The number of aromatic nitrogens is 3. The summed E-state index contributed by atoms with van der Waals surface area (Å²) < 4.78 is 3.65. The van der Waals surface area contributed by atoms with Crippen molar-refractivity contribution in [2.75, 3.05) is 0 Å². The molecule has 3 aromatic rings. The molecule has 3 rings (SSSR count). The molecule has 1 aromatic carbocycles. The van der Waals surface area contributed by atoms with E-state index >= 15 is 0 Å². The highest BCUT2D eigenvalue weighted by molar-refractivity contribution is 5.89. The molecule has 0 bridgehead atoms. The Balaban J connectivity index is 0.00000161. The van der Waals surface area contributed by atoms with E-state index in [1.54, 1.807) is 10.9 Å². The van der Waals surface area contributed by atoms with Gasteiger partial charge in [-0.05, 0) is 24.6 Å². The van der Waals surface area contributed by atoms with Gasteiger partial charge in [-0.25, -0.2) is 9.55 Å². The van der Waals surface area contributed by atoms with Gasteiger partial charge in [0.2, 0.25) is 5.91 Å². The molecule has 108 valence electrons. The van der Waals surface area contributed by atoms with Crippen molar-refractivity contribution >= 4 is 16.9 Å². The number of hydrogen-bond donors (Lipinski definition) is 0. The van der Waals surface area contributed by atoms with E-state index in [1.807, 2.05) is 60.3 Å². The van der Waals surface area contributed by atoms with E-state index in [9.17, 15) is 4.79 Å². The van der Waals surface area contributed by atoms with Gasteiger partial charge in [-0.1, -0.05) is 12.1 Å². The average molecular weight is 346 g/mol. The molecule has 21 heavy (non-hydrogen) atoms. The second-order valence-electron chi connectivity index (χ2n) is 4.86. The predicted octanol–water partition coefficient (Wildman–Crippen LogP) is -0.633. The highest BCUT2D eigenvalue weighted by Gasteiger charge is 2.11. The van der Waals surface area contributed by atoms with Gasteiger partial charge in [0.15, 0.2) is 18.9 Å². The van der Waals surface area contributed by atoms with E-state index in [2.05, 4.69) is 4.98 Å². The zero-order valence-electron chi connectivity index (χ0n) is 11.7. The zero-order valence-corrected chi connectivity index (χ0v) is 13.3. The monoisotopic (exact) mass is 345 g/mol. The molecule has 0 spiro atoms. The quantitative estimate of drug-likeness (QED) is 0.593. The summed E-state index contributed by atoms with van der Waals surface area (Å²) in [5.41, 5.74) is 2.93. The molecular formula is C16H16BrN3O. The molecule has 0 atom stereocenters. The number of para-hydroxylation sites is 2. The van der Waals surface area contributed by atoms with Crippen molar-refractivity contribution in [1.82, 2.24) is 9.55 Å². The van der Waals surface area contributed by atoms with Crippen LogP contribution in [0.1, 0.15) is 16.8 Å². The highest BCUT2D eigenvalue weighted by Crippen LogP contribution is 2.12. The Morgan fingerprint density at radius 3 is 2.67 bits per heavy atom. The second-order valence-corrected chi connectivity index (χ2v) is 4.86. The molecular weight excluding hydrogens is 330 g/mol. The van der Waals surface area contributed by atoms with Gasteiger partial charge in [0.1, 0.15) is 6.33 Å². The molecule has 0 unspecified atom stereocenters. The van der Waals surface area contributed by atoms with E-state index in [0.717, 1.165) is 11.0 Å². The summed E-state index contributed by atoms with van der Waals surface area (Å²) >= 11 is 0. The molecule has 2 heterocycles. The Kier molecular flexibility index (Phi) is 4.85. The molecule has 0 aliphatic heterocycles. The number of rotatable bonds is 3. The summed E-state index contributed by atoms with van der Waals surface area (Å²) in [5.74, 6) is 0.0618. The number of halogens is 1. The number of fused-ring (bicyclic) bond motifs is 1. The van der Waals surface area contributed by atoms with E-state index in [0.29, 0.717) is 13.0 Å². The Bertz CT molecular complexity index is 750. The predicted molar refractivity (Wildman–Crippen MR) is 76.4 cm³/mol. The summed E-state index contributed by atoms with van der Waals surface area (Å²) in [4.78, 5) is 16.5. The minimum absolute atomic E-state index is 0. The van der Waals surface area contributed by atoms with Crippen molar-refractivity contribution in [3.05, 3.63) is 60.7 Å². The van der Waals surface area contributed by atoms with E-state index < -0.39 is 0 Å². The first-order valence-corrected chi connectivity index (χ1v) is 6.65. The third kappa shape index (κ3) is 3.36. The number of nitrogens with zero attached hydrogens (tertiary/aromatic N) is 3. The second kappa shape index (κ2) is 6.63. The fourth-order valence-corrected chi connectivity index (χ4v) is 2.18. The lowest BCUT2D eigenvalue weighted by Crippen LogP contribution is -3.00. The van der Waals surface area contributed by atoms with Crippen molar-refractivity contribution in [3.8, 4) is 0 Å². The van der Waals surface area contributed by atoms with Crippen LogP contribution >= 0.6 is 0 Å². The van der Waals surface area contributed by atoms with Crippen LogP contribution in [0.25, 0.3) is 11.0 Å². The highest BCUT2D eigenvalue weighted by atomic mass is 79.9. The van der Waals surface area contributed by atoms with Crippen LogP contribution in [0, 0.1) is 6.92 Å². The van der Waals surface area contributed by atoms with Crippen LogP contribution in [0.5, 0.6) is 0 Å². The summed E-state index contributed by atoms with van der Waals surface area (Å²) in [6.45, 7) is 2.72. The van der Waals surface area contributed by atoms with Crippen molar-refractivity contribution < 1.29 is 26.3 Å². The van der Waals surface area contributed by atoms with Gasteiger partial charge in [0.05, 0.1) is 17.5 Å². The zero-order chi connectivity index (χ0) is 13.9. The van der Waals surface area contributed by atoms with Crippen molar-refractivity contribution in [2.24, 2.45) is 0 Å². The third-order valence-corrected chi connectivity index (χ3v) is 3.36.